The molecule has 1 saturated carbocycles. The second kappa shape index (κ2) is 7.56. The second-order valence-electron chi connectivity index (χ2n) is 3.55. The molecule has 1 unspecified atom stereocenters. The predicted octanol–water partition coefficient (Wildman–Crippen LogP) is 2.09. The third kappa shape index (κ3) is 8.02. The van der Waals surface area contributed by atoms with Gasteiger partial charge in [-0.2, -0.15) is 0 Å². The number of aliphatic hydroxyl groups is 2. The minimum atomic E-state index is -0.116. The number of aliphatic hydroxyl groups excluding tert-OH is 2. The molecule has 0 aromatic carbocycles. The molecule has 0 aromatic heterocycles. The van der Waals surface area contributed by atoms with Gasteiger partial charge in [-0.3, -0.25) is 0 Å². The molecule has 12 heavy (non-hydrogen) atoms. The maximum absolute atomic E-state index is 8.91. The lowest BCUT2D eigenvalue weighted by molar-refractivity contribution is 0.130. The van der Waals surface area contributed by atoms with Crippen molar-refractivity contribution in [3.05, 3.63) is 0 Å². The second-order valence-corrected chi connectivity index (χ2v) is 3.55. The minimum Gasteiger partial charge on any atom is -0.393 e. The Balaban J connectivity index is 0.000000217. The van der Waals surface area contributed by atoms with Crippen molar-refractivity contribution < 1.29 is 10.2 Å². The zero-order chi connectivity index (χ0) is 9.40. The first kappa shape index (κ1) is 11.9. The number of rotatable bonds is 1. The smallest absolute Gasteiger partial charge is 0.0540 e. The third-order valence-corrected chi connectivity index (χ3v) is 2.17. The lowest BCUT2D eigenvalue weighted by Gasteiger charge is -2.14. The Morgan fingerprint density at radius 3 is 1.83 bits per heavy atom. The van der Waals surface area contributed by atoms with Gasteiger partial charge < -0.3 is 10.2 Å². The summed E-state index contributed by atoms with van der Waals surface area (Å²) < 4.78 is 0. The van der Waals surface area contributed by atoms with Crippen molar-refractivity contribution in [2.45, 2.75) is 64.6 Å². The fourth-order valence-electron chi connectivity index (χ4n) is 1.08. The lowest BCUT2D eigenvalue weighted by Crippen LogP contribution is -2.09. The Morgan fingerprint density at radius 1 is 1.25 bits per heavy atom. The van der Waals surface area contributed by atoms with Gasteiger partial charge in [0.05, 0.1) is 12.2 Å². The first-order chi connectivity index (χ1) is 5.66. The van der Waals surface area contributed by atoms with Gasteiger partial charge in [0.25, 0.3) is 0 Å². The molecule has 74 valence electrons. The molecule has 1 rings (SSSR count). The molecule has 0 heterocycles. The molecule has 1 aliphatic carbocycles. The van der Waals surface area contributed by atoms with E-state index in [1.807, 2.05) is 6.92 Å². The van der Waals surface area contributed by atoms with E-state index in [4.69, 9.17) is 10.2 Å². The van der Waals surface area contributed by atoms with E-state index >= 15 is 0 Å². The van der Waals surface area contributed by atoms with Gasteiger partial charge in [-0.15, -0.1) is 0 Å². The van der Waals surface area contributed by atoms with E-state index < -0.39 is 0 Å². The van der Waals surface area contributed by atoms with E-state index in [-0.39, 0.29) is 12.2 Å². The Kier molecular flexibility index (Phi) is 7.51. The quantitative estimate of drug-likeness (QED) is 0.639. The standard InChI is InChI=1S/C6H12O.C4H10O/c7-6-4-2-1-3-5-6;1-3-4(2)5/h6-7H,1-5H2;4-5H,3H2,1-2H3. The van der Waals surface area contributed by atoms with E-state index in [1.165, 1.54) is 19.3 Å². The van der Waals surface area contributed by atoms with E-state index in [2.05, 4.69) is 0 Å². The molecule has 0 radical (unpaired) electrons. The molecule has 0 spiro atoms. The minimum absolute atomic E-state index is 0.0359. The molecule has 1 fully saturated rings. The van der Waals surface area contributed by atoms with Crippen molar-refractivity contribution in [1.29, 1.82) is 0 Å². The Morgan fingerprint density at radius 2 is 1.67 bits per heavy atom. The highest BCUT2D eigenvalue weighted by Crippen LogP contribution is 2.16. The van der Waals surface area contributed by atoms with Gasteiger partial charge >= 0.3 is 0 Å². The molecule has 0 saturated heterocycles. The number of hydrogen-bond acceptors (Lipinski definition) is 2. The SMILES string of the molecule is CCC(C)O.OC1CCCCC1. The summed E-state index contributed by atoms with van der Waals surface area (Å²) in [6.07, 6.45) is 6.67. The van der Waals surface area contributed by atoms with Crippen LogP contribution in [0.3, 0.4) is 0 Å². The van der Waals surface area contributed by atoms with Crippen LogP contribution < -0.4 is 0 Å². The average molecular weight is 174 g/mol. The highest BCUT2D eigenvalue weighted by atomic mass is 16.3. The average Bonchev–Trinajstić information content (AvgIpc) is 2.07. The predicted molar refractivity (Wildman–Crippen MR) is 51.1 cm³/mol. The highest BCUT2D eigenvalue weighted by molar-refractivity contribution is 4.61. The van der Waals surface area contributed by atoms with Crippen molar-refractivity contribution in [3.63, 3.8) is 0 Å². The zero-order valence-corrected chi connectivity index (χ0v) is 8.29. The maximum atomic E-state index is 8.91. The maximum Gasteiger partial charge on any atom is 0.0540 e. The van der Waals surface area contributed by atoms with Crippen LogP contribution in [0.1, 0.15) is 52.4 Å². The molecule has 0 bridgehead atoms. The summed E-state index contributed by atoms with van der Waals surface area (Å²) in [6.45, 7) is 3.73. The van der Waals surface area contributed by atoms with Crippen LogP contribution in [0.2, 0.25) is 0 Å². The van der Waals surface area contributed by atoms with Crippen molar-refractivity contribution in [2.75, 3.05) is 0 Å². The fraction of sp³-hybridized carbons (Fsp3) is 1.00. The summed E-state index contributed by atoms with van der Waals surface area (Å²) in [5.41, 5.74) is 0. The van der Waals surface area contributed by atoms with Crippen LogP contribution in [-0.2, 0) is 0 Å². The van der Waals surface area contributed by atoms with Crippen molar-refractivity contribution in [3.8, 4) is 0 Å². The normalized spacial score (nSPS) is 21.0. The van der Waals surface area contributed by atoms with Crippen molar-refractivity contribution in [2.24, 2.45) is 0 Å². The first-order valence-electron chi connectivity index (χ1n) is 5.03. The summed E-state index contributed by atoms with van der Waals surface area (Å²) in [6, 6.07) is 0. The first-order valence-corrected chi connectivity index (χ1v) is 5.03. The molecule has 0 aliphatic heterocycles. The van der Waals surface area contributed by atoms with Gasteiger partial charge in [-0.25, -0.2) is 0 Å². The third-order valence-electron chi connectivity index (χ3n) is 2.17. The van der Waals surface area contributed by atoms with Gasteiger partial charge in [0.1, 0.15) is 0 Å². The topological polar surface area (TPSA) is 40.5 Å². The molecular formula is C10H22O2. The lowest BCUT2D eigenvalue weighted by atomic mass is 9.98. The molecule has 2 heteroatoms. The summed E-state index contributed by atoms with van der Waals surface area (Å²) >= 11 is 0. The van der Waals surface area contributed by atoms with Crippen LogP contribution in [0.15, 0.2) is 0 Å². The van der Waals surface area contributed by atoms with E-state index in [9.17, 15) is 0 Å². The van der Waals surface area contributed by atoms with E-state index in [0.717, 1.165) is 19.3 Å². The van der Waals surface area contributed by atoms with Gasteiger partial charge in [0.15, 0.2) is 0 Å². The van der Waals surface area contributed by atoms with Crippen LogP contribution in [0.5, 0.6) is 0 Å². The Bertz CT molecular complexity index is 85.8. The van der Waals surface area contributed by atoms with Gasteiger partial charge in [-0.05, 0) is 26.2 Å². The van der Waals surface area contributed by atoms with E-state index in [1.54, 1.807) is 6.92 Å². The molecule has 2 nitrogen and oxygen atoms in total. The molecule has 1 aliphatic rings. The van der Waals surface area contributed by atoms with Crippen molar-refractivity contribution >= 4 is 0 Å². The summed E-state index contributed by atoms with van der Waals surface area (Å²) in [5.74, 6) is 0. The molecule has 1 atom stereocenters. The zero-order valence-electron chi connectivity index (χ0n) is 8.29. The largest absolute Gasteiger partial charge is 0.393 e. The highest BCUT2D eigenvalue weighted by Gasteiger charge is 2.07. The summed E-state index contributed by atoms with van der Waals surface area (Å²) in [7, 11) is 0. The fourth-order valence-corrected chi connectivity index (χ4v) is 1.08. The van der Waals surface area contributed by atoms with Crippen LogP contribution in [0, 0.1) is 0 Å². The summed E-state index contributed by atoms with van der Waals surface area (Å²) in [5, 5.41) is 17.3. The van der Waals surface area contributed by atoms with Gasteiger partial charge in [-0.1, -0.05) is 26.2 Å². The van der Waals surface area contributed by atoms with Gasteiger partial charge in [0.2, 0.25) is 0 Å². The van der Waals surface area contributed by atoms with Crippen LogP contribution >= 0.6 is 0 Å². The Hall–Kier alpha value is -0.0800. The molecule has 2 N–H and O–H groups in total. The number of hydrogen-bond donors (Lipinski definition) is 2. The molecule has 0 aromatic rings. The van der Waals surface area contributed by atoms with E-state index in [0.29, 0.717) is 0 Å². The van der Waals surface area contributed by atoms with Gasteiger partial charge in [0, 0.05) is 0 Å². The van der Waals surface area contributed by atoms with Crippen LogP contribution in [0.4, 0.5) is 0 Å². The van der Waals surface area contributed by atoms with Crippen molar-refractivity contribution in [1.82, 2.24) is 0 Å². The van der Waals surface area contributed by atoms with Crippen LogP contribution in [0.25, 0.3) is 0 Å². The van der Waals surface area contributed by atoms with Crippen LogP contribution in [-0.4, -0.2) is 22.4 Å². The Labute approximate surface area is 75.6 Å². The molecule has 0 amide bonds. The monoisotopic (exact) mass is 174 g/mol. The molecular weight excluding hydrogens is 152 g/mol. The summed E-state index contributed by atoms with van der Waals surface area (Å²) in [4.78, 5) is 0.